The summed E-state index contributed by atoms with van der Waals surface area (Å²) in [5.74, 6) is -0.376. The minimum Gasteiger partial charge on any atom is -0.457 e. The molecule has 3 aromatic rings. The van der Waals surface area contributed by atoms with Gasteiger partial charge < -0.3 is 4.74 Å². The zero-order chi connectivity index (χ0) is 22.2. The van der Waals surface area contributed by atoms with Gasteiger partial charge in [-0.15, -0.1) is 0 Å². The Bertz CT molecular complexity index is 1260. The Kier molecular flexibility index (Phi) is 5.38. The predicted octanol–water partition coefficient (Wildman–Crippen LogP) is 4.50. The number of carbonyl (C=O) groups is 1. The second-order valence-corrected chi connectivity index (χ2v) is 9.29. The van der Waals surface area contributed by atoms with Crippen LogP contribution in [0.1, 0.15) is 10.9 Å². The molecule has 1 unspecified atom stereocenters. The van der Waals surface area contributed by atoms with Crippen LogP contribution < -0.4 is 9.64 Å². The van der Waals surface area contributed by atoms with Crippen LogP contribution in [0, 0.1) is 10.1 Å². The summed E-state index contributed by atoms with van der Waals surface area (Å²) in [6.45, 7) is 0. The number of amides is 1. The highest BCUT2D eigenvalue weighted by Gasteiger charge is 2.48. The first-order valence-corrected chi connectivity index (χ1v) is 11.2. The highest BCUT2D eigenvalue weighted by atomic mass is 35.5. The molecule has 8 nitrogen and oxygen atoms in total. The third-order valence-corrected chi connectivity index (χ3v) is 6.78. The van der Waals surface area contributed by atoms with Crippen LogP contribution in [0.3, 0.4) is 0 Å². The van der Waals surface area contributed by atoms with E-state index >= 15 is 0 Å². The second-order valence-electron chi connectivity index (χ2n) is 6.79. The fourth-order valence-electron chi connectivity index (χ4n) is 3.40. The second kappa shape index (κ2) is 8.01. The average Bonchev–Trinajstić information content (AvgIpc) is 2.98. The molecule has 0 spiro atoms. The molecule has 10 heteroatoms. The van der Waals surface area contributed by atoms with Gasteiger partial charge in [-0.25, -0.2) is 8.42 Å². The summed E-state index contributed by atoms with van der Waals surface area (Å²) < 4.78 is 31.2. The fourth-order valence-corrected chi connectivity index (χ4v) is 5.31. The van der Waals surface area contributed by atoms with Gasteiger partial charge in [-0.2, -0.15) is 0 Å². The summed E-state index contributed by atoms with van der Waals surface area (Å²) in [7, 11) is -3.98. The molecule has 0 N–H and O–H groups in total. The lowest BCUT2D eigenvalue weighted by Gasteiger charge is -2.23. The molecule has 0 aliphatic carbocycles. The predicted molar refractivity (Wildman–Crippen MR) is 115 cm³/mol. The zero-order valence-electron chi connectivity index (χ0n) is 15.8. The van der Waals surface area contributed by atoms with Gasteiger partial charge in [-0.1, -0.05) is 23.7 Å². The fraction of sp³-hybridized carbons (Fsp3) is 0.0952. The van der Waals surface area contributed by atoms with Crippen LogP contribution >= 0.6 is 11.6 Å². The molecule has 31 heavy (non-hydrogen) atoms. The molecule has 1 aliphatic rings. The highest BCUT2D eigenvalue weighted by molar-refractivity contribution is 7.93. The minimum absolute atomic E-state index is 0.0557. The number of hydrogen-bond acceptors (Lipinski definition) is 6. The Morgan fingerprint density at radius 1 is 0.968 bits per heavy atom. The lowest BCUT2D eigenvalue weighted by molar-refractivity contribution is -0.385. The maximum Gasteiger partial charge on any atom is 0.275 e. The van der Waals surface area contributed by atoms with Crippen molar-refractivity contribution in [3.8, 4) is 11.5 Å². The Hall–Kier alpha value is -3.43. The van der Waals surface area contributed by atoms with Gasteiger partial charge in [0.2, 0.25) is 5.91 Å². The van der Waals surface area contributed by atoms with Crippen molar-refractivity contribution in [2.75, 3.05) is 10.7 Å². The number of carbonyl (C=O) groups excluding carboxylic acids is 1. The molecule has 1 aliphatic heterocycles. The van der Waals surface area contributed by atoms with E-state index < -0.39 is 31.8 Å². The Morgan fingerprint density at radius 3 is 2.16 bits per heavy atom. The SMILES string of the molecule is O=C1CS(=O)(=O)C(c2ccccc2[N+](=O)[O-])N1c1ccc(Oc2ccc(Cl)cc2)cc1. The number of hydrogen-bond donors (Lipinski definition) is 0. The van der Waals surface area contributed by atoms with Crippen molar-refractivity contribution >= 4 is 38.7 Å². The van der Waals surface area contributed by atoms with Crippen LogP contribution in [0.15, 0.2) is 72.8 Å². The molecule has 0 radical (unpaired) electrons. The molecule has 1 fully saturated rings. The van der Waals surface area contributed by atoms with Crippen molar-refractivity contribution in [1.29, 1.82) is 0 Å². The van der Waals surface area contributed by atoms with E-state index in [9.17, 15) is 23.3 Å². The van der Waals surface area contributed by atoms with E-state index in [0.717, 1.165) is 4.90 Å². The molecule has 0 saturated carbocycles. The number of benzene rings is 3. The molecule has 0 bridgehead atoms. The van der Waals surface area contributed by atoms with Crippen molar-refractivity contribution < 1.29 is 22.9 Å². The van der Waals surface area contributed by atoms with Crippen molar-refractivity contribution in [3.63, 3.8) is 0 Å². The van der Waals surface area contributed by atoms with Crippen LogP contribution in [-0.2, 0) is 14.6 Å². The van der Waals surface area contributed by atoms with Crippen LogP contribution in [-0.4, -0.2) is 25.0 Å². The van der Waals surface area contributed by atoms with E-state index in [1.165, 1.54) is 36.4 Å². The molecular formula is C21H15ClN2O6S. The van der Waals surface area contributed by atoms with Crippen molar-refractivity contribution in [3.05, 3.63) is 93.5 Å². The quantitative estimate of drug-likeness (QED) is 0.411. The largest absolute Gasteiger partial charge is 0.457 e. The number of halogens is 1. The first-order valence-electron chi connectivity index (χ1n) is 9.07. The van der Waals surface area contributed by atoms with E-state index in [2.05, 4.69) is 0 Å². The average molecular weight is 459 g/mol. The van der Waals surface area contributed by atoms with Crippen molar-refractivity contribution in [2.45, 2.75) is 5.37 Å². The van der Waals surface area contributed by atoms with E-state index in [-0.39, 0.29) is 16.9 Å². The number of nitro groups is 1. The summed E-state index contributed by atoms with van der Waals surface area (Å²) in [6.07, 6.45) is 0. The summed E-state index contributed by atoms with van der Waals surface area (Å²) in [6, 6.07) is 18.5. The van der Waals surface area contributed by atoms with Crippen molar-refractivity contribution in [2.24, 2.45) is 0 Å². The lowest BCUT2D eigenvalue weighted by atomic mass is 10.1. The molecule has 4 rings (SSSR count). The van der Waals surface area contributed by atoms with Gasteiger partial charge >= 0.3 is 0 Å². The first-order chi connectivity index (χ1) is 14.8. The third-order valence-electron chi connectivity index (χ3n) is 4.73. The Labute approximate surface area is 182 Å². The molecule has 1 amide bonds. The zero-order valence-corrected chi connectivity index (χ0v) is 17.4. The molecule has 0 aromatic heterocycles. The molecule has 1 atom stereocenters. The van der Waals surface area contributed by atoms with Crippen LogP contribution in [0.5, 0.6) is 11.5 Å². The molecule has 1 heterocycles. The summed E-state index contributed by atoms with van der Waals surface area (Å²) in [5, 5.41) is 10.5. The van der Waals surface area contributed by atoms with Gasteiger partial charge in [-0.05, 0) is 54.6 Å². The summed E-state index contributed by atoms with van der Waals surface area (Å²) in [4.78, 5) is 24.4. The number of nitrogens with zero attached hydrogens (tertiary/aromatic N) is 2. The number of nitro benzene ring substituents is 1. The maximum absolute atomic E-state index is 12.7. The number of anilines is 1. The number of sulfone groups is 1. The van der Waals surface area contributed by atoms with Crippen molar-refractivity contribution in [1.82, 2.24) is 0 Å². The van der Waals surface area contributed by atoms with E-state index in [4.69, 9.17) is 16.3 Å². The standard InChI is InChI=1S/C21H15ClN2O6S/c22-14-5-9-16(10-6-14)30-17-11-7-15(8-12-17)23-20(25)13-31(28,29)21(23)18-3-1-2-4-19(18)24(26)27/h1-12,21H,13H2. The van der Waals surface area contributed by atoms with E-state index in [1.54, 1.807) is 36.4 Å². The third kappa shape index (κ3) is 4.10. The van der Waals surface area contributed by atoms with Gasteiger partial charge in [-0.3, -0.25) is 19.8 Å². The highest BCUT2D eigenvalue weighted by Crippen LogP contribution is 2.41. The van der Waals surface area contributed by atoms with Gasteiger partial charge in [0.1, 0.15) is 17.3 Å². The maximum atomic E-state index is 12.7. The van der Waals surface area contributed by atoms with Gasteiger partial charge in [0.25, 0.3) is 5.69 Å². The first kappa shape index (κ1) is 20.8. The molecule has 3 aromatic carbocycles. The van der Waals surface area contributed by atoms with Crippen LogP contribution in [0.25, 0.3) is 0 Å². The summed E-state index contributed by atoms with van der Waals surface area (Å²) >= 11 is 5.86. The number of para-hydroxylation sites is 1. The normalized spacial score (nSPS) is 17.5. The Balaban J connectivity index is 1.69. The number of rotatable bonds is 5. The molecule has 1 saturated heterocycles. The summed E-state index contributed by atoms with van der Waals surface area (Å²) in [5.41, 5.74) is -0.129. The number of ether oxygens (including phenoxy) is 1. The van der Waals surface area contributed by atoms with Crippen LogP contribution in [0.2, 0.25) is 5.02 Å². The van der Waals surface area contributed by atoms with Gasteiger partial charge in [0.15, 0.2) is 15.2 Å². The minimum atomic E-state index is -3.98. The molecular weight excluding hydrogens is 444 g/mol. The van der Waals surface area contributed by atoms with Gasteiger partial charge in [0, 0.05) is 16.8 Å². The van der Waals surface area contributed by atoms with E-state index in [1.807, 2.05) is 0 Å². The van der Waals surface area contributed by atoms with E-state index in [0.29, 0.717) is 16.5 Å². The topological polar surface area (TPSA) is 107 Å². The Morgan fingerprint density at radius 2 is 1.55 bits per heavy atom. The lowest BCUT2D eigenvalue weighted by Crippen LogP contribution is -2.29. The smallest absolute Gasteiger partial charge is 0.275 e. The molecule has 158 valence electrons. The van der Waals surface area contributed by atoms with Crippen LogP contribution in [0.4, 0.5) is 11.4 Å². The van der Waals surface area contributed by atoms with Gasteiger partial charge in [0.05, 0.1) is 10.5 Å². The monoisotopic (exact) mass is 458 g/mol.